The first-order valence-corrected chi connectivity index (χ1v) is 0.697. The van der Waals surface area contributed by atoms with Gasteiger partial charge in [0.05, 0.1) is 0 Å². The molecule has 0 heterocycles. The van der Waals surface area contributed by atoms with E-state index in [1.54, 1.807) is 0 Å². The van der Waals surface area contributed by atoms with E-state index in [2.05, 4.69) is 5.73 Å². The van der Waals surface area contributed by atoms with Crippen LogP contribution in [0.25, 0.3) is 0 Å². The molecule has 0 aromatic carbocycles. The summed E-state index contributed by atoms with van der Waals surface area (Å²) in [5, 5.41) is 8.67. The van der Waals surface area contributed by atoms with Gasteiger partial charge in [-0.15, -0.1) is 0 Å². The molecular weight excluding hydrogens is 130 g/mol. The second-order valence-corrected chi connectivity index (χ2v) is 0.319. The normalized spacial score (nSPS) is 3.43. The Morgan fingerprint density at radius 1 is 1.57 bits per heavy atom. The number of carboxylic acid groups (broad SMARTS) is 1. The number of primary amides is 1. The molecule has 0 aliphatic rings. The molecule has 6 N–H and O–H groups in total. The maximum Gasteiger partial charge on any atom is 1.00 e. The number of quaternary nitrogens is 1. The van der Waals surface area contributed by atoms with E-state index in [4.69, 9.17) is 9.90 Å². The number of carbonyl (C=O) groups excluding carboxylic acids is 1. The first-order chi connectivity index (χ1) is 1.73. The van der Waals surface area contributed by atoms with Gasteiger partial charge in [0.1, 0.15) is 6.09 Å². The van der Waals surface area contributed by atoms with Gasteiger partial charge in [-0.05, 0) is 0 Å². The van der Waals surface area contributed by atoms with Gasteiger partial charge in [-0.3, -0.25) is 0 Å². The summed E-state index contributed by atoms with van der Waals surface area (Å²) in [5.74, 6) is 0. The zero-order valence-corrected chi connectivity index (χ0v) is 7.03. The zero-order chi connectivity index (χ0) is 3.58. The monoisotopic (exact) mass is 136 g/mol. The van der Waals surface area contributed by atoms with Crippen LogP contribution < -0.4 is 59.0 Å². The molecule has 0 aliphatic carbocycles. The van der Waals surface area contributed by atoms with Crippen molar-refractivity contribution in [3.63, 3.8) is 0 Å². The molecule has 0 saturated carbocycles. The second kappa shape index (κ2) is 16.0. The molecule has 0 unspecified atom stereocenters. The SMILES string of the molecule is NC(=O)[O-].[Cl-].[NH4+].[Na+]. The van der Waals surface area contributed by atoms with Crippen molar-refractivity contribution in [1.82, 2.24) is 6.15 Å². The van der Waals surface area contributed by atoms with Crippen LogP contribution in [0.3, 0.4) is 0 Å². The number of amides is 1. The van der Waals surface area contributed by atoms with Crippen LogP contribution in [-0.2, 0) is 0 Å². The van der Waals surface area contributed by atoms with Crippen LogP contribution in [0.1, 0.15) is 0 Å². The molecule has 0 spiro atoms. The van der Waals surface area contributed by atoms with E-state index in [0.29, 0.717) is 0 Å². The summed E-state index contributed by atoms with van der Waals surface area (Å²) in [4.78, 5) is 8.67. The Hall–Kier alpha value is 0.520. The van der Waals surface area contributed by atoms with Crippen LogP contribution in [0.5, 0.6) is 0 Å². The molecule has 0 aliphatic heterocycles. The Morgan fingerprint density at radius 2 is 1.57 bits per heavy atom. The third-order valence-electron chi connectivity index (χ3n) is 0. The van der Waals surface area contributed by atoms with Crippen molar-refractivity contribution in [1.29, 1.82) is 0 Å². The fraction of sp³-hybridized carbons (Fsp3) is 0. The van der Waals surface area contributed by atoms with Crippen molar-refractivity contribution in [2.24, 2.45) is 5.73 Å². The van der Waals surface area contributed by atoms with Gasteiger partial charge in [-0.2, -0.15) is 0 Å². The molecule has 0 fully saturated rings. The minimum atomic E-state index is -1.58. The molecule has 7 heavy (non-hydrogen) atoms. The van der Waals surface area contributed by atoms with Gasteiger partial charge in [-0.25, -0.2) is 0 Å². The summed E-state index contributed by atoms with van der Waals surface area (Å²) in [6.45, 7) is 0. The predicted molar refractivity (Wildman–Crippen MR) is 15.6 cm³/mol. The van der Waals surface area contributed by atoms with Crippen LogP contribution in [0.4, 0.5) is 4.79 Å². The van der Waals surface area contributed by atoms with E-state index < -0.39 is 6.09 Å². The molecule has 0 bridgehead atoms. The first kappa shape index (κ1) is 25.8. The van der Waals surface area contributed by atoms with Crippen LogP contribution in [0.2, 0.25) is 0 Å². The average Bonchev–Trinajstić information content (AvgIpc) is 0.811. The quantitative estimate of drug-likeness (QED) is 0.323. The Kier molecular flexibility index (Phi) is 59.1. The third-order valence-corrected chi connectivity index (χ3v) is 0. The number of rotatable bonds is 0. The molecular formula is CH6ClN2NaO2. The number of hydrogen-bond donors (Lipinski definition) is 2. The van der Waals surface area contributed by atoms with Crippen LogP contribution in [0, 0.1) is 0 Å². The largest absolute Gasteiger partial charge is 1.00 e. The molecule has 0 rings (SSSR count). The van der Waals surface area contributed by atoms with Crippen molar-refractivity contribution in [2.45, 2.75) is 0 Å². The summed E-state index contributed by atoms with van der Waals surface area (Å²) < 4.78 is 0. The Morgan fingerprint density at radius 3 is 1.57 bits per heavy atom. The van der Waals surface area contributed by atoms with Crippen molar-refractivity contribution in [3.8, 4) is 0 Å². The summed E-state index contributed by atoms with van der Waals surface area (Å²) in [5.41, 5.74) is 3.92. The Balaban J connectivity index is -0.0000000150. The maximum atomic E-state index is 8.67. The number of nitrogens with two attached hydrogens (primary N) is 1. The summed E-state index contributed by atoms with van der Waals surface area (Å²) >= 11 is 0. The number of halogens is 1. The minimum absolute atomic E-state index is 0. The Labute approximate surface area is 69.7 Å². The number of hydrogen-bond acceptors (Lipinski definition) is 2. The van der Waals surface area contributed by atoms with Gasteiger partial charge in [0.25, 0.3) is 0 Å². The molecule has 0 radical (unpaired) electrons. The molecule has 40 valence electrons. The molecule has 0 aromatic rings. The van der Waals surface area contributed by atoms with Crippen molar-refractivity contribution in [3.05, 3.63) is 0 Å². The third kappa shape index (κ3) is 493. The Bertz CT molecular complexity index is 38.7. The molecule has 0 atom stereocenters. The predicted octanol–water partition coefficient (Wildman–Crippen LogP) is -7.33. The van der Waals surface area contributed by atoms with Crippen LogP contribution in [-0.4, -0.2) is 6.09 Å². The van der Waals surface area contributed by atoms with Gasteiger partial charge in [0.2, 0.25) is 0 Å². The van der Waals surface area contributed by atoms with Crippen LogP contribution >= 0.6 is 0 Å². The molecule has 1 amide bonds. The van der Waals surface area contributed by atoms with Gasteiger partial charge in [0.15, 0.2) is 0 Å². The molecule has 6 heteroatoms. The van der Waals surface area contributed by atoms with E-state index in [1.807, 2.05) is 0 Å². The van der Waals surface area contributed by atoms with E-state index >= 15 is 0 Å². The fourth-order valence-corrected chi connectivity index (χ4v) is 0. The maximum absolute atomic E-state index is 8.67. The van der Waals surface area contributed by atoms with Crippen LogP contribution in [0.15, 0.2) is 0 Å². The van der Waals surface area contributed by atoms with Gasteiger partial charge < -0.3 is 34.2 Å². The van der Waals surface area contributed by atoms with E-state index in [9.17, 15) is 0 Å². The average molecular weight is 137 g/mol. The standard InChI is InChI=1S/CH3NO2.ClH.H3N.Na/c2-1(3)4;;;/h2H2,(H,3,4);1H;1H3;/q;;;+1/p-1. The number of carbonyl (C=O) groups is 1. The van der Waals surface area contributed by atoms with Crippen molar-refractivity contribution >= 4 is 6.09 Å². The van der Waals surface area contributed by atoms with Gasteiger partial charge in [0, 0.05) is 0 Å². The second-order valence-electron chi connectivity index (χ2n) is 0.319. The topological polar surface area (TPSA) is 103 Å². The van der Waals surface area contributed by atoms with Gasteiger partial charge >= 0.3 is 29.6 Å². The van der Waals surface area contributed by atoms with Crippen molar-refractivity contribution < 1.29 is 51.9 Å². The molecule has 0 saturated heterocycles. The van der Waals surface area contributed by atoms with Gasteiger partial charge in [-0.1, -0.05) is 0 Å². The molecule has 0 aromatic heterocycles. The summed E-state index contributed by atoms with van der Waals surface area (Å²) in [7, 11) is 0. The van der Waals surface area contributed by atoms with Crippen molar-refractivity contribution in [2.75, 3.05) is 0 Å². The minimum Gasteiger partial charge on any atom is -1.00 e. The fourth-order valence-electron chi connectivity index (χ4n) is 0. The van der Waals surface area contributed by atoms with E-state index in [-0.39, 0.29) is 48.1 Å². The van der Waals surface area contributed by atoms with E-state index in [0.717, 1.165) is 0 Å². The summed E-state index contributed by atoms with van der Waals surface area (Å²) in [6.07, 6.45) is -1.58. The smallest absolute Gasteiger partial charge is 1.00 e. The van der Waals surface area contributed by atoms with E-state index in [1.165, 1.54) is 0 Å². The first-order valence-electron chi connectivity index (χ1n) is 0.697. The summed E-state index contributed by atoms with van der Waals surface area (Å²) in [6, 6.07) is 0. The zero-order valence-electron chi connectivity index (χ0n) is 4.27. The molecule has 4 nitrogen and oxygen atoms in total.